The summed E-state index contributed by atoms with van der Waals surface area (Å²) in [7, 11) is 0. The van der Waals surface area contributed by atoms with Crippen LogP contribution < -0.4 is 21.7 Å². The maximum absolute atomic E-state index is 13.9. The third kappa shape index (κ3) is 8.09. The predicted octanol–water partition coefficient (Wildman–Crippen LogP) is 1.81. The smallest absolute Gasteiger partial charge is 0.253 e. The molecule has 5 N–H and O–H groups in total. The van der Waals surface area contributed by atoms with Gasteiger partial charge in [0.15, 0.2) is 0 Å². The molecule has 0 unspecified atom stereocenters. The molecule has 5 amide bonds. The fourth-order valence-electron chi connectivity index (χ4n) is 6.26. The molecule has 0 radical (unpaired) electrons. The minimum Gasteiger partial charge on any atom is -0.355 e. The number of carbonyl (C=O) groups excluding carboxylic acids is 5. The molecule has 2 aliphatic rings. The van der Waals surface area contributed by atoms with E-state index in [2.05, 4.69) is 20.9 Å². The first kappa shape index (κ1) is 34.6. The van der Waals surface area contributed by atoms with Crippen molar-refractivity contribution in [2.45, 2.75) is 89.9 Å². The average Bonchev–Trinajstić information content (AvgIpc) is 3.76. The number of likely N-dealkylation sites (N-methyl/N-ethyl adjacent to an activating group) is 2. The number of pyridine rings is 1. The van der Waals surface area contributed by atoms with Gasteiger partial charge >= 0.3 is 0 Å². The second-order valence-corrected chi connectivity index (χ2v) is 11.8. The largest absolute Gasteiger partial charge is 0.355 e. The number of hydrogen-bond acceptors (Lipinski definition) is 7. The van der Waals surface area contributed by atoms with Crippen molar-refractivity contribution in [2.24, 2.45) is 5.73 Å². The molecule has 4 atom stereocenters. The first-order valence-corrected chi connectivity index (χ1v) is 16.5. The lowest BCUT2D eigenvalue weighted by Crippen LogP contribution is -2.53. The summed E-state index contributed by atoms with van der Waals surface area (Å²) in [4.78, 5) is 73.7. The van der Waals surface area contributed by atoms with E-state index in [-0.39, 0.29) is 36.5 Å². The van der Waals surface area contributed by atoms with Crippen LogP contribution in [0.25, 0.3) is 10.9 Å². The third-order valence-corrected chi connectivity index (χ3v) is 8.61. The van der Waals surface area contributed by atoms with Crippen molar-refractivity contribution in [3.63, 3.8) is 0 Å². The molecule has 4 rings (SSSR count). The zero-order chi connectivity index (χ0) is 33.2. The third-order valence-electron chi connectivity index (χ3n) is 8.61. The maximum atomic E-state index is 13.9. The highest BCUT2D eigenvalue weighted by Gasteiger charge is 2.38. The van der Waals surface area contributed by atoms with Gasteiger partial charge in [-0.3, -0.25) is 29.0 Å². The Morgan fingerprint density at radius 1 is 0.891 bits per heavy atom. The molecule has 0 bridgehead atoms. The van der Waals surface area contributed by atoms with Crippen LogP contribution in [-0.4, -0.2) is 94.7 Å². The molecule has 1 aromatic carbocycles. The molecule has 248 valence electrons. The minimum absolute atomic E-state index is 0.137. The number of nitrogens with one attached hydrogen (secondary N) is 3. The number of benzene rings is 1. The Morgan fingerprint density at radius 3 is 2.09 bits per heavy atom. The van der Waals surface area contributed by atoms with Crippen LogP contribution >= 0.6 is 0 Å². The van der Waals surface area contributed by atoms with Gasteiger partial charge in [-0.05, 0) is 70.9 Å². The number of nitrogens with zero attached hydrogens (tertiary/aromatic N) is 3. The van der Waals surface area contributed by atoms with Gasteiger partial charge in [0, 0.05) is 31.6 Å². The molecule has 0 saturated carbocycles. The van der Waals surface area contributed by atoms with Crippen molar-refractivity contribution in [1.29, 1.82) is 0 Å². The second kappa shape index (κ2) is 16.3. The molecular formula is C34H47N7O5. The number of fused-ring (bicyclic) bond motifs is 1. The van der Waals surface area contributed by atoms with E-state index >= 15 is 0 Å². The number of para-hydroxylation sites is 1. The molecule has 1 aromatic heterocycles. The van der Waals surface area contributed by atoms with Crippen LogP contribution in [0.5, 0.6) is 0 Å². The Labute approximate surface area is 270 Å². The van der Waals surface area contributed by atoms with Crippen LogP contribution in [0.4, 0.5) is 0 Å². The Kier molecular flexibility index (Phi) is 12.2. The van der Waals surface area contributed by atoms with Gasteiger partial charge in [-0.25, -0.2) is 0 Å². The van der Waals surface area contributed by atoms with Crippen LogP contribution in [0.2, 0.25) is 0 Å². The number of carbonyl (C=O) groups is 5. The van der Waals surface area contributed by atoms with Crippen molar-refractivity contribution < 1.29 is 24.0 Å². The topological polar surface area (TPSA) is 167 Å². The Hall–Kier alpha value is -4.32. The first-order chi connectivity index (χ1) is 22.2. The SMILES string of the molecule is CCNC(=O)[C@@H]1CCCN1C(=O)[C@H](CC=CC[C@H](N)C(=O)N1CCC[C@H]1C(=O)NCC)NC(=O)c1cc2ccccc2nc1CC. The molecule has 3 heterocycles. The van der Waals surface area contributed by atoms with E-state index in [0.29, 0.717) is 63.1 Å². The molecule has 0 aliphatic carbocycles. The highest BCUT2D eigenvalue weighted by atomic mass is 16.2. The van der Waals surface area contributed by atoms with Gasteiger partial charge in [0.1, 0.15) is 18.1 Å². The van der Waals surface area contributed by atoms with Gasteiger partial charge in [-0.2, -0.15) is 0 Å². The van der Waals surface area contributed by atoms with Crippen molar-refractivity contribution in [1.82, 2.24) is 30.7 Å². The van der Waals surface area contributed by atoms with Gasteiger partial charge in [0.05, 0.1) is 22.8 Å². The van der Waals surface area contributed by atoms with E-state index in [0.717, 1.165) is 17.3 Å². The molecule has 0 spiro atoms. The maximum Gasteiger partial charge on any atom is 0.253 e. The molecular weight excluding hydrogens is 586 g/mol. The molecule has 2 saturated heterocycles. The standard InChI is InChI=1S/C34H47N7O5/c1-4-25-23(21-22-13-7-9-15-26(22)38-25)30(42)39-27(34(46)41-20-12-18-29(41)32(44)37-6-3)16-10-8-14-24(35)33(45)40-19-11-17-28(40)31(43)36-5-2/h7-10,13,15,21,24,27-29H,4-6,11-12,14,16-20,35H2,1-3H3,(H,36,43)(H,37,44)(H,39,42)/t24-,27-,28-,29-/m0/s1. The van der Waals surface area contributed by atoms with Gasteiger partial charge in [-0.15, -0.1) is 0 Å². The van der Waals surface area contributed by atoms with E-state index < -0.39 is 30.1 Å². The van der Waals surface area contributed by atoms with Crippen LogP contribution in [-0.2, 0) is 25.6 Å². The van der Waals surface area contributed by atoms with Gasteiger partial charge in [-0.1, -0.05) is 37.3 Å². The van der Waals surface area contributed by atoms with E-state index in [1.165, 1.54) is 0 Å². The summed E-state index contributed by atoms with van der Waals surface area (Å²) in [5.41, 5.74) is 8.05. The van der Waals surface area contributed by atoms with Crippen LogP contribution in [0.3, 0.4) is 0 Å². The summed E-state index contributed by atoms with van der Waals surface area (Å²) >= 11 is 0. The number of hydrogen-bond donors (Lipinski definition) is 4. The normalized spacial score (nSPS) is 19.3. The van der Waals surface area contributed by atoms with Crippen molar-refractivity contribution in [3.8, 4) is 0 Å². The lowest BCUT2D eigenvalue weighted by molar-refractivity contribution is -0.139. The number of rotatable bonds is 13. The summed E-state index contributed by atoms with van der Waals surface area (Å²) in [6.45, 7) is 7.42. The molecule has 2 aromatic rings. The summed E-state index contributed by atoms with van der Waals surface area (Å²) in [5, 5.41) is 9.33. The summed E-state index contributed by atoms with van der Waals surface area (Å²) < 4.78 is 0. The number of aryl methyl sites for hydroxylation is 1. The fraction of sp³-hybridized carbons (Fsp3) is 0.529. The zero-order valence-corrected chi connectivity index (χ0v) is 27.1. The predicted molar refractivity (Wildman–Crippen MR) is 176 cm³/mol. The molecule has 12 heteroatoms. The molecule has 12 nitrogen and oxygen atoms in total. The molecule has 2 fully saturated rings. The number of likely N-dealkylation sites (tertiary alicyclic amines) is 2. The first-order valence-electron chi connectivity index (χ1n) is 16.5. The van der Waals surface area contributed by atoms with Gasteiger partial charge in [0.2, 0.25) is 23.6 Å². The summed E-state index contributed by atoms with van der Waals surface area (Å²) in [6.07, 6.45) is 6.90. The lowest BCUT2D eigenvalue weighted by atomic mass is 10.0. The molecule has 2 aliphatic heterocycles. The van der Waals surface area contributed by atoms with Gasteiger partial charge < -0.3 is 31.5 Å². The molecule has 46 heavy (non-hydrogen) atoms. The summed E-state index contributed by atoms with van der Waals surface area (Å²) in [5.74, 6) is -1.45. The van der Waals surface area contributed by atoms with Crippen LogP contribution in [0.15, 0.2) is 42.5 Å². The Balaban J connectivity index is 1.50. The number of nitrogens with two attached hydrogens (primary N) is 1. The van der Waals surface area contributed by atoms with E-state index in [1.54, 1.807) is 28.0 Å². The van der Waals surface area contributed by atoms with E-state index in [4.69, 9.17) is 5.73 Å². The second-order valence-electron chi connectivity index (χ2n) is 11.8. The van der Waals surface area contributed by atoms with E-state index in [1.807, 2.05) is 45.0 Å². The Bertz CT molecular complexity index is 1460. The van der Waals surface area contributed by atoms with Crippen molar-refractivity contribution in [2.75, 3.05) is 26.2 Å². The van der Waals surface area contributed by atoms with Gasteiger partial charge in [0.25, 0.3) is 5.91 Å². The highest BCUT2D eigenvalue weighted by molar-refractivity contribution is 6.01. The van der Waals surface area contributed by atoms with E-state index in [9.17, 15) is 24.0 Å². The van der Waals surface area contributed by atoms with Crippen molar-refractivity contribution >= 4 is 40.4 Å². The average molecular weight is 634 g/mol. The number of aromatic nitrogens is 1. The zero-order valence-electron chi connectivity index (χ0n) is 27.1. The minimum atomic E-state index is -0.956. The summed E-state index contributed by atoms with van der Waals surface area (Å²) in [6, 6.07) is 6.40. The van der Waals surface area contributed by atoms with Crippen LogP contribution in [0, 0.1) is 0 Å². The van der Waals surface area contributed by atoms with Crippen LogP contribution in [0.1, 0.15) is 75.3 Å². The highest BCUT2D eigenvalue weighted by Crippen LogP contribution is 2.22. The lowest BCUT2D eigenvalue weighted by Gasteiger charge is -2.28. The fourth-order valence-corrected chi connectivity index (χ4v) is 6.26. The quantitative estimate of drug-likeness (QED) is 0.244. The monoisotopic (exact) mass is 633 g/mol. The number of amides is 5. The van der Waals surface area contributed by atoms with Crippen molar-refractivity contribution in [3.05, 3.63) is 53.7 Å². The Morgan fingerprint density at radius 2 is 1.48 bits per heavy atom.